The maximum absolute atomic E-state index is 10.9. The minimum atomic E-state index is -3.09. The second kappa shape index (κ2) is 7.60. The summed E-state index contributed by atoms with van der Waals surface area (Å²) in [6.45, 7) is 1.85. The molecule has 2 N–H and O–H groups in total. The van der Waals surface area contributed by atoms with Gasteiger partial charge < -0.3 is 5.32 Å². The van der Waals surface area contributed by atoms with Crippen LogP contribution in [-0.4, -0.2) is 37.7 Å². The van der Waals surface area contributed by atoms with Gasteiger partial charge in [-0.05, 0) is 25.1 Å². The van der Waals surface area contributed by atoms with E-state index in [-0.39, 0.29) is 0 Å². The molecule has 2 rings (SSSR count). The molecular weight excluding hydrogens is 308 g/mol. The molecule has 0 aliphatic heterocycles. The van der Waals surface area contributed by atoms with Crippen LogP contribution in [0.15, 0.2) is 29.8 Å². The molecule has 21 heavy (non-hydrogen) atoms. The van der Waals surface area contributed by atoms with Crippen molar-refractivity contribution in [2.75, 3.05) is 19.3 Å². The first-order valence-corrected chi connectivity index (χ1v) is 9.33. The van der Waals surface area contributed by atoms with Crippen molar-refractivity contribution in [2.24, 2.45) is 0 Å². The summed E-state index contributed by atoms with van der Waals surface area (Å²) < 4.78 is 24.2. The first kappa shape index (κ1) is 16.0. The van der Waals surface area contributed by atoms with E-state index in [0.717, 1.165) is 35.6 Å². The third-order valence-electron chi connectivity index (χ3n) is 2.64. The fraction of sp³-hybridized carbons (Fsp3) is 0.385. The number of hydrogen-bond donors (Lipinski definition) is 2. The second-order valence-corrected chi connectivity index (χ2v) is 7.25. The van der Waals surface area contributed by atoms with E-state index >= 15 is 0 Å². The topological polar surface area (TPSA) is 84.0 Å². The van der Waals surface area contributed by atoms with Crippen molar-refractivity contribution in [1.82, 2.24) is 20.0 Å². The highest BCUT2D eigenvalue weighted by molar-refractivity contribution is 7.88. The van der Waals surface area contributed by atoms with Gasteiger partial charge in [0, 0.05) is 24.7 Å². The van der Waals surface area contributed by atoms with E-state index in [0.29, 0.717) is 13.1 Å². The SMILES string of the molecule is CS(=O)(=O)NCCCNCc1csc(-c2ccccn2)n1. The van der Waals surface area contributed by atoms with Gasteiger partial charge in [-0.1, -0.05) is 6.07 Å². The van der Waals surface area contributed by atoms with Crippen LogP contribution in [0.3, 0.4) is 0 Å². The molecule has 0 radical (unpaired) electrons. The van der Waals surface area contributed by atoms with Gasteiger partial charge in [-0.25, -0.2) is 18.1 Å². The van der Waals surface area contributed by atoms with Crippen LogP contribution in [0.1, 0.15) is 12.1 Å². The van der Waals surface area contributed by atoms with Crippen LogP contribution in [0.25, 0.3) is 10.7 Å². The standard InChI is InChI=1S/C13H18N4O2S2/c1-21(18,19)16-8-4-6-14-9-11-10-20-13(17-11)12-5-2-3-7-15-12/h2-3,5,7,10,14,16H,4,6,8-9H2,1H3. The Balaban J connectivity index is 1.72. The normalized spacial score (nSPS) is 11.7. The highest BCUT2D eigenvalue weighted by Crippen LogP contribution is 2.20. The predicted octanol–water partition coefficient (Wildman–Crippen LogP) is 1.23. The Kier molecular flexibility index (Phi) is 5.80. The lowest BCUT2D eigenvalue weighted by Crippen LogP contribution is -2.26. The molecule has 0 saturated heterocycles. The number of thiazole rings is 1. The minimum Gasteiger partial charge on any atom is -0.311 e. The Morgan fingerprint density at radius 1 is 1.29 bits per heavy atom. The summed E-state index contributed by atoms with van der Waals surface area (Å²) in [4.78, 5) is 8.79. The zero-order valence-corrected chi connectivity index (χ0v) is 13.4. The quantitative estimate of drug-likeness (QED) is 0.713. The fourth-order valence-corrected chi connectivity index (χ4v) is 2.99. The molecule has 8 heteroatoms. The van der Waals surface area contributed by atoms with E-state index in [1.165, 1.54) is 0 Å². The highest BCUT2D eigenvalue weighted by Gasteiger charge is 2.05. The smallest absolute Gasteiger partial charge is 0.208 e. The number of nitrogens with one attached hydrogen (secondary N) is 2. The molecular formula is C13H18N4O2S2. The maximum Gasteiger partial charge on any atom is 0.208 e. The molecule has 0 aliphatic carbocycles. The number of hydrogen-bond acceptors (Lipinski definition) is 6. The van der Waals surface area contributed by atoms with E-state index in [4.69, 9.17) is 0 Å². The van der Waals surface area contributed by atoms with Crippen LogP contribution >= 0.6 is 11.3 Å². The number of nitrogens with zero attached hydrogens (tertiary/aromatic N) is 2. The molecule has 0 bridgehead atoms. The van der Waals surface area contributed by atoms with Crippen molar-refractivity contribution in [3.8, 4) is 10.7 Å². The zero-order valence-electron chi connectivity index (χ0n) is 11.7. The summed E-state index contributed by atoms with van der Waals surface area (Å²) >= 11 is 1.57. The van der Waals surface area contributed by atoms with Crippen LogP contribution in [0.2, 0.25) is 0 Å². The summed E-state index contributed by atoms with van der Waals surface area (Å²) in [7, 11) is -3.09. The fourth-order valence-electron chi connectivity index (χ4n) is 1.68. The van der Waals surface area contributed by atoms with Crippen molar-refractivity contribution in [1.29, 1.82) is 0 Å². The van der Waals surface area contributed by atoms with Crippen molar-refractivity contribution in [3.05, 3.63) is 35.5 Å². The zero-order chi connectivity index (χ0) is 15.1. The van der Waals surface area contributed by atoms with Gasteiger partial charge in [0.05, 0.1) is 17.6 Å². The Bertz CT molecular complexity index is 656. The molecule has 0 spiro atoms. The Hall–Kier alpha value is -1.35. The number of pyridine rings is 1. The number of sulfonamides is 1. The Labute approximate surface area is 128 Å². The van der Waals surface area contributed by atoms with Gasteiger partial charge in [-0.3, -0.25) is 4.98 Å². The van der Waals surface area contributed by atoms with E-state index in [9.17, 15) is 8.42 Å². The van der Waals surface area contributed by atoms with Gasteiger partial charge in [0.1, 0.15) is 5.01 Å². The molecule has 0 unspecified atom stereocenters. The molecule has 114 valence electrons. The van der Waals surface area contributed by atoms with Gasteiger partial charge in [0.25, 0.3) is 0 Å². The largest absolute Gasteiger partial charge is 0.311 e. The predicted molar refractivity (Wildman–Crippen MR) is 84.5 cm³/mol. The molecule has 0 fully saturated rings. The third kappa shape index (κ3) is 5.88. The van der Waals surface area contributed by atoms with Gasteiger partial charge in [-0.15, -0.1) is 11.3 Å². The Morgan fingerprint density at radius 3 is 2.86 bits per heavy atom. The van der Waals surface area contributed by atoms with Crippen molar-refractivity contribution in [2.45, 2.75) is 13.0 Å². The van der Waals surface area contributed by atoms with E-state index in [2.05, 4.69) is 20.0 Å². The lowest BCUT2D eigenvalue weighted by molar-refractivity contribution is 0.578. The van der Waals surface area contributed by atoms with Gasteiger partial charge in [-0.2, -0.15) is 0 Å². The molecule has 6 nitrogen and oxygen atoms in total. The van der Waals surface area contributed by atoms with Crippen LogP contribution in [-0.2, 0) is 16.6 Å². The average Bonchev–Trinajstić information content (AvgIpc) is 2.91. The van der Waals surface area contributed by atoms with Gasteiger partial charge in [0.2, 0.25) is 10.0 Å². The number of aromatic nitrogens is 2. The molecule has 0 atom stereocenters. The molecule has 0 aliphatic rings. The minimum absolute atomic E-state index is 0.447. The molecule has 0 saturated carbocycles. The lowest BCUT2D eigenvalue weighted by atomic mass is 10.3. The maximum atomic E-state index is 10.9. The second-order valence-electron chi connectivity index (χ2n) is 4.56. The van der Waals surface area contributed by atoms with E-state index in [1.54, 1.807) is 17.5 Å². The Morgan fingerprint density at radius 2 is 2.14 bits per heavy atom. The van der Waals surface area contributed by atoms with E-state index in [1.807, 2.05) is 23.6 Å². The van der Waals surface area contributed by atoms with Crippen LogP contribution in [0.4, 0.5) is 0 Å². The summed E-state index contributed by atoms with van der Waals surface area (Å²) in [5.41, 5.74) is 1.85. The van der Waals surface area contributed by atoms with Crippen LogP contribution in [0, 0.1) is 0 Å². The molecule has 2 heterocycles. The monoisotopic (exact) mass is 326 g/mol. The summed E-state index contributed by atoms with van der Waals surface area (Å²) in [6.07, 6.45) is 3.66. The first-order valence-electron chi connectivity index (χ1n) is 6.56. The average molecular weight is 326 g/mol. The third-order valence-corrected chi connectivity index (χ3v) is 4.28. The molecule has 0 aromatic carbocycles. The van der Waals surface area contributed by atoms with Gasteiger partial charge in [0.15, 0.2) is 0 Å². The summed E-state index contributed by atoms with van der Waals surface area (Å²) in [5.74, 6) is 0. The molecule has 0 amide bonds. The lowest BCUT2D eigenvalue weighted by Gasteiger charge is -2.03. The number of rotatable bonds is 8. The summed E-state index contributed by atoms with van der Waals surface area (Å²) in [5, 5.41) is 6.16. The highest BCUT2D eigenvalue weighted by atomic mass is 32.2. The van der Waals surface area contributed by atoms with Gasteiger partial charge >= 0.3 is 0 Å². The van der Waals surface area contributed by atoms with Crippen molar-refractivity contribution >= 4 is 21.4 Å². The summed E-state index contributed by atoms with van der Waals surface area (Å²) in [6, 6.07) is 5.76. The van der Waals surface area contributed by atoms with Crippen molar-refractivity contribution in [3.63, 3.8) is 0 Å². The van der Waals surface area contributed by atoms with E-state index < -0.39 is 10.0 Å². The van der Waals surface area contributed by atoms with Crippen LogP contribution < -0.4 is 10.0 Å². The van der Waals surface area contributed by atoms with Crippen LogP contribution in [0.5, 0.6) is 0 Å². The molecule has 2 aromatic heterocycles. The molecule has 2 aromatic rings. The van der Waals surface area contributed by atoms with Crippen molar-refractivity contribution < 1.29 is 8.42 Å². The first-order chi connectivity index (χ1) is 10.0.